The lowest BCUT2D eigenvalue weighted by Crippen LogP contribution is -2.27. The highest BCUT2D eigenvalue weighted by Gasteiger charge is 2.21. The number of hydrogen-bond acceptors (Lipinski definition) is 3. The third-order valence-electron chi connectivity index (χ3n) is 3.50. The standard InChI is InChI=1S/C19H18BrNO3/c1-19(2)9-8-13-6-7-16(11-17(13)24-19)23-12-18(22)21-15-5-3-4-14(20)10-15/h3-11H,12H2,1-2H3,(H,21,22). The second-order valence-electron chi connectivity index (χ2n) is 6.09. The molecule has 1 aliphatic rings. The SMILES string of the molecule is CC1(C)C=Cc2ccc(OCC(=O)Nc3cccc(Br)c3)cc2O1. The summed E-state index contributed by atoms with van der Waals surface area (Å²) in [5.74, 6) is 1.14. The number of anilines is 1. The van der Waals surface area contributed by atoms with Gasteiger partial charge in [-0.3, -0.25) is 4.79 Å². The lowest BCUT2D eigenvalue weighted by Gasteiger charge is -2.28. The fourth-order valence-corrected chi connectivity index (χ4v) is 2.75. The Bertz CT molecular complexity index is 799. The molecule has 124 valence electrons. The molecule has 0 unspecified atom stereocenters. The number of fused-ring (bicyclic) bond motifs is 1. The van der Waals surface area contributed by atoms with E-state index in [0.29, 0.717) is 5.75 Å². The van der Waals surface area contributed by atoms with Gasteiger partial charge in [-0.25, -0.2) is 0 Å². The molecule has 0 aromatic heterocycles. The van der Waals surface area contributed by atoms with E-state index in [-0.39, 0.29) is 18.1 Å². The zero-order valence-electron chi connectivity index (χ0n) is 13.5. The zero-order valence-corrected chi connectivity index (χ0v) is 15.1. The van der Waals surface area contributed by atoms with Crippen LogP contribution in [0.25, 0.3) is 6.08 Å². The Morgan fingerprint density at radius 1 is 1.25 bits per heavy atom. The molecule has 0 aliphatic carbocycles. The molecule has 0 fully saturated rings. The van der Waals surface area contributed by atoms with Gasteiger partial charge in [0.05, 0.1) is 0 Å². The number of nitrogens with one attached hydrogen (secondary N) is 1. The maximum Gasteiger partial charge on any atom is 0.262 e. The summed E-state index contributed by atoms with van der Waals surface area (Å²) >= 11 is 3.37. The van der Waals surface area contributed by atoms with E-state index in [0.717, 1.165) is 21.5 Å². The Labute approximate surface area is 149 Å². The molecule has 2 aromatic carbocycles. The third kappa shape index (κ3) is 4.17. The molecule has 0 bridgehead atoms. The van der Waals surface area contributed by atoms with E-state index >= 15 is 0 Å². The molecule has 0 spiro atoms. The van der Waals surface area contributed by atoms with E-state index < -0.39 is 0 Å². The lowest BCUT2D eigenvalue weighted by atomic mass is 10.0. The molecule has 4 nitrogen and oxygen atoms in total. The molecule has 0 radical (unpaired) electrons. The summed E-state index contributed by atoms with van der Waals surface area (Å²) in [5.41, 5.74) is 1.38. The van der Waals surface area contributed by atoms with Crippen molar-refractivity contribution < 1.29 is 14.3 Å². The Balaban J connectivity index is 1.61. The van der Waals surface area contributed by atoms with Crippen molar-refractivity contribution in [3.05, 3.63) is 58.6 Å². The summed E-state index contributed by atoms with van der Waals surface area (Å²) in [6.07, 6.45) is 4.05. The van der Waals surface area contributed by atoms with Gasteiger partial charge >= 0.3 is 0 Å². The van der Waals surface area contributed by atoms with E-state index in [1.165, 1.54) is 0 Å². The quantitative estimate of drug-likeness (QED) is 0.830. The highest BCUT2D eigenvalue weighted by molar-refractivity contribution is 9.10. The number of benzene rings is 2. The Morgan fingerprint density at radius 2 is 2.08 bits per heavy atom. The van der Waals surface area contributed by atoms with Gasteiger partial charge in [0.15, 0.2) is 6.61 Å². The zero-order chi connectivity index (χ0) is 17.2. The van der Waals surface area contributed by atoms with Gasteiger partial charge in [0.1, 0.15) is 17.1 Å². The molecule has 3 rings (SSSR count). The van der Waals surface area contributed by atoms with Crippen molar-refractivity contribution in [1.82, 2.24) is 0 Å². The third-order valence-corrected chi connectivity index (χ3v) is 3.99. The van der Waals surface area contributed by atoms with Crippen LogP contribution in [0, 0.1) is 0 Å². The number of halogens is 1. The van der Waals surface area contributed by atoms with Gasteiger partial charge in [0.2, 0.25) is 0 Å². The minimum absolute atomic E-state index is 0.0649. The van der Waals surface area contributed by atoms with Gasteiger partial charge in [0, 0.05) is 21.8 Å². The fourth-order valence-electron chi connectivity index (χ4n) is 2.35. The van der Waals surface area contributed by atoms with Crippen LogP contribution in [-0.4, -0.2) is 18.1 Å². The lowest BCUT2D eigenvalue weighted by molar-refractivity contribution is -0.118. The smallest absolute Gasteiger partial charge is 0.262 e. The van der Waals surface area contributed by atoms with Crippen molar-refractivity contribution in [3.63, 3.8) is 0 Å². The molecule has 0 atom stereocenters. The fraction of sp³-hybridized carbons (Fsp3) is 0.211. The van der Waals surface area contributed by atoms with E-state index in [1.807, 2.05) is 68.5 Å². The van der Waals surface area contributed by atoms with Crippen molar-refractivity contribution in [1.29, 1.82) is 0 Å². The van der Waals surface area contributed by atoms with Crippen LogP contribution >= 0.6 is 15.9 Å². The van der Waals surface area contributed by atoms with E-state index in [2.05, 4.69) is 21.2 Å². The highest BCUT2D eigenvalue weighted by atomic mass is 79.9. The second kappa shape index (κ2) is 6.69. The van der Waals surface area contributed by atoms with Crippen LogP contribution in [0.3, 0.4) is 0 Å². The van der Waals surface area contributed by atoms with Gasteiger partial charge < -0.3 is 14.8 Å². The monoisotopic (exact) mass is 387 g/mol. The molecule has 2 aromatic rings. The minimum Gasteiger partial charge on any atom is -0.484 e. The summed E-state index contributed by atoms with van der Waals surface area (Å²) in [7, 11) is 0. The molecule has 24 heavy (non-hydrogen) atoms. The van der Waals surface area contributed by atoms with Gasteiger partial charge in [-0.15, -0.1) is 0 Å². The van der Waals surface area contributed by atoms with Crippen molar-refractivity contribution >= 4 is 33.6 Å². The van der Waals surface area contributed by atoms with Crippen LogP contribution in [0.4, 0.5) is 5.69 Å². The second-order valence-corrected chi connectivity index (χ2v) is 7.00. The van der Waals surface area contributed by atoms with Crippen LogP contribution < -0.4 is 14.8 Å². The largest absolute Gasteiger partial charge is 0.484 e. The van der Waals surface area contributed by atoms with Crippen LogP contribution in [0.15, 0.2) is 53.0 Å². The molecule has 1 amide bonds. The van der Waals surface area contributed by atoms with Crippen molar-refractivity contribution in [3.8, 4) is 11.5 Å². The van der Waals surface area contributed by atoms with Gasteiger partial charge in [-0.2, -0.15) is 0 Å². The van der Waals surface area contributed by atoms with E-state index in [4.69, 9.17) is 9.47 Å². The van der Waals surface area contributed by atoms with Gasteiger partial charge in [-0.1, -0.05) is 28.1 Å². The van der Waals surface area contributed by atoms with E-state index in [9.17, 15) is 4.79 Å². The molecular formula is C19H18BrNO3. The predicted octanol–water partition coefficient (Wildman–Crippen LogP) is 4.65. The molecule has 1 aliphatic heterocycles. The minimum atomic E-state index is -0.344. The summed E-state index contributed by atoms with van der Waals surface area (Å²) in [5, 5.41) is 2.79. The number of carbonyl (C=O) groups is 1. The number of amides is 1. The van der Waals surface area contributed by atoms with Crippen LogP contribution in [0.2, 0.25) is 0 Å². The van der Waals surface area contributed by atoms with Crippen LogP contribution in [0.1, 0.15) is 19.4 Å². The first-order valence-corrected chi connectivity index (χ1v) is 8.41. The summed E-state index contributed by atoms with van der Waals surface area (Å²) in [4.78, 5) is 12.0. The number of carbonyl (C=O) groups excluding carboxylic acids is 1. The topological polar surface area (TPSA) is 47.6 Å². The Hall–Kier alpha value is -2.27. The molecular weight excluding hydrogens is 370 g/mol. The summed E-state index contributed by atoms with van der Waals surface area (Å²) in [6.45, 7) is 3.92. The molecule has 1 N–H and O–H groups in total. The van der Waals surface area contributed by atoms with Crippen LogP contribution in [-0.2, 0) is 4.79 Å². The average Bonchev–Trinajstić information content (AvgIpc) is 2.51. The highest BCUT2D eigenvalue weighted by Crippen LogP contribution is 2.33. The summed E-state index contributed by atoms with van der Waals surface area (Å²) in [6, 6.07) is 13.0. The number of ether oxygens (including phenoxy) is 2. The molecule has 1 heterocycles. The first-order chi connectivity index (χ1) is 11.4. The molecule has 0 saturated carbocycles. The molecule has 5 heteroatoms. The maximum absolute atomic E-state index is 12.0. The maximum atomic E-state index is 12.0. The van der Waals surface area contributed by atoms with Gasteiger partial charge in [-0.05, 0) is 50.3 Å². The number of hydrogen-bond donors (Lipinski definition) is 1. The number of rotatable bonds is 4. The van der Waals surface area contributed by atoms with Crippen LogP contribution in [0.5, 0.6) is 11.5 Å². The normalized spacial score (nSPS) is 14.5. The predicted molar refractivity (Wildman–Crippen MR) is 98.4 cm³/mol. The first kappa shape index (κ1) is 16.6. The van der Waals surface area contributed by atoms with Gasteiger partial charge in [0.25, 0.3) is 5.91 Å². The van der Waals surface area contributed by atoms with Crippen molar-refractivity contribution in [2.75, 3.05) is 11.9 Å². The summed E-state index contributed by atoms with van der Waals surface area (Å²) < 4.78 is 12.4. The molecule has 0 saturated heterocycles. The average molecular weight is 388 g/mol. The van der Waals surface area contributed by atoms with Crippen molar-refractivity contribution in [2.45, 2.75) is 19.4 Å². The first-order valence-electron chi connectivity index (χ1n) is 7.62. The Kier molecular flexibility index (Phi) is 4.62. The Morgan fingerprint density at radius 3 is 2.88 bits per heavy atom. The van der Waals surface area contributed by atoms with Crippen molar-refractivity contribution in [2.24, 2.45) is 0 Å². The van der Waals surface area contributed by atoms with E-state index in [1.54, 1.807) is 0 Å².